The maximum Gasteiger partial charge on any atom is 0.407 e. The molecular formula is C34H44N4O6. The van der Waals surface area contributed by atoms with Gasteiger partial charge < -0.3 is 30.2 Å². The number of rotatable bonds is 14. The van der Waals surface area contributed by atoms with Crippen LogP contribution in [0.5, 0.6) is 5.75 Å². The number of benzene rings is 2. The largest absolute Gasteiger partial charge is 0.490 e. The van der Waals surface area contributed by atoms with Gasteiger partial charge in [-0.15, -0.1) is 0 Å². The molecule has 0 fully saturated rings. The molecule has 0 aliphatic carbocycles. The molecule has 3 atom stereocenters. The van der Waals surface area contributed by atoms with Gasteiger partial charge in [0.1, 0.15) is 24.6 Å². The summed E-state index contributed by atoms with van der Waals surface area (Å²) in [5.41, 5.74) is 0.982. The minimum atomic E-state index is -0.835. The van der Waals surface area contributed by atoms with Crippen LogP contribution in [0.2, 0.25) is 0 Å². The number of pyridine rings is 1. The molecule has 236 valence electrons. The van der Waals surface area contributed by atoms with E-state index in [0.29, 0.717) is 12.2 Å². The van der Waals surface area contributed by atoms with E-state index >= 15 is 0 Å². The smallest absolute Gasteiger partial charge is 0.407 e. The summed E-state index contributed by atoms with van der Waals surface area (Å²) >= 11 is 0. The highest BCUT2D eigenvalue weighted by atomic mass is 16.6. The van der Waals surface area contributed by atoms with E-state index in [1.807, 2.05) is 74.5 Å². The Kier molecular flexibility index (Phi) is 13.0. The normalized spacial score (nSPS) is 13.2. The van der Waals surface area contributed by atoms with E-state index in [2.05, 4.69) is 20.9 Å². The van der Waals surface area contributed by atoms with Crippen LogP contribution in [0, 0.1) is 5.92 Å². The summed E-state index contributed by atoms with van der Waals surface area (Å²) in [5.74, 6) is 0.325. The van der Waals surface area contributed by atoms with Gasteiger partial charge in [0, 0.05) is 12.6 Å². The zero-order valence-electron chi connectivity index (χ0n) is 26.1. The molecule has 0 aliphatic heterocycles. The molecule has 0 aliphatic rings. The van der Waals surface area contributed by atoms with E-state index in [1.165, 1.54) is 0 Å². The molecule has 2 aromatic carbocycles. The minimum absolute atomic E-state index is 0.0511. The minimum Gasteiger partial charge on any atom is -0.490 e. The van der Waals surface area contributed by atoms with Crippen molar-refractivity contribution in [1.82, 2.24) is 20.9 Å². The Morgan fingerprint density at radius 2 is 1.41 bits per heavy atom. The highest BCUT2D eigenvalue weighted by Gasteiger charge is 2.31. The van der Waals surface area contributed by atoms with Gasteiger partial charge in [0.2, 0.25) is 5.91 Å². The van der Waals surface area contributed by atoms with Gasteiger partial charge in [-0.05, 0) is 56.4 Å². The first-order valence-electron chi connectivity index (χ1n) is 14.8. The summed E-state index contributed by atoms with van der Waals surface area (Å²) in [6.07, 6.45) is 2.09. The number of nitrogens with zero attached hydrogens (tertiary/aromatic N) is 1. The zero-order valence-corrected chi connectivity index (χ0v) is 26.1. The van der Waals surface area contributed by atoms with E-state index in [0.717, 1.165) is 11.1 Å². The molecule has 0 bridgehead atoms. The van der Waals surface area contributed by atoms with Crippen LogP contribution >= 0.6 is 0 Å². The Bertz CT molecular complexity index is 1300. The van der Waals surface area contributed by atoms with Crippen LogP contribution in [-0.2, 0) is 27.3 Å². The fourth-order valence-corrected chi connectivity index (χ4v) is 4.32. The van der Waals surface area contributed by atoms with Gasteiger partial charge in [0.05, 0.1) is 24.3 Å². The number of hydrogen-bond acceptors (Lipinski definition) is 7. The van der Waals surface area contributed by atoms with Crippen molar-refractivity contribution in [1.29, 1.82) is 0 Å². The molecule has 3 amide bonds. The fourth-order valence-electron chi connectivity index (χ4n) is 4.32. The number of alkyl carbamates (subject to hydrolysis) is 2. The average Bonchev–Trinajstić information content (AvgIpc) is 2.98. The van der Waals surface area contributed by atoms with Gasteiger partial charge in [0.15, 0.2) is 0 Å². The summed E-state index contributed by atoms with van der Waals surface area (Å²) in [6, 6.07) is 20.5. The second kappa shape index (κ2) is 16.9. The third kappa shape index (κ3) is 12.7. The van der Waals surface area contributed by atoms with Gasteiger partial charge in [-0.2, -0.15) is 0 Å². The number of nitrogens with one attached hydrogen (secondary N) is 3. The standard InChI is InChI=1S/C34H44N4O6/c1-24(2)30(23-42-27-17-12-18-35-21-27)36-31(39)20-29(37-32(40)43-22-26-15-10-7-11-16-26)28(19-25-13-8-6-9-14-25)38-33(41)44-34(3,4)5/h6-18,21,24,28-30H,19-20,22-23H2,1-5H3,(H,36,39)(H,37,40)(H,38,41)/t28-,29-,30+/m0/s1. The number of hydrogen-bond donors (Lipinski definition) is 3. The Hall–Kier alpha value is -4.60. The van der Waals surface area contributed by atoms with Gasteiger partial charge in [0.25, 0.3) is 0 Å². The average molecular weight is 605 g/mol. The number of ether oxygens (including phenoxy) is 3. The van der Waals surface area contributed by atoms with Crippen molar-refractivity contribution >= 4 is 18.1 Å². The van der Waals surface area contributed by atoms with Gasteiger partial charge >= 0.3 is 12.2 Å². The Morgan fingerprint density at radius 1 is 0.773 bits per heavy atom. The van der Waals surface area contributed by atoms with Gasteiger partial charge in [-0.1, -0.05) is 74.5 Å². The Labute approximate surface area is 259 Å². The van der Waals surface area contributed by atoms with E-state index < -0.39 is 29.9 Å². The van der Waals surface area contributed by atoms with Crippen LogP contribution in [0.25, 0.3) is 0 Å². The van der Waals surface area contributed by atoms with Gasteiger partial charge in [-0.3, -0.25) is 9.78 Å². The van der Waals surface area contributed by atoms with Crippen molar-refractivity contribution in [2.24, 2.45) is 5.92 Å². The van der Waals surface area contributed by atoms with E-state index in [4.69, 9.17) is 14.2 Å². The molecule has 0 saturated heterocycles. The zero-order chi connectivity index (χ0) is 32.0. The molecule has 10 heteroatoms. The first-order valence-corrected chi connectivity index (χ1v) is 14.8. The summed E-state index contributed by atoms with van der Waals surface area (Å²) in [5, 5.41) is 8.76. The van der Waals surface area contributed by atoms with Crippen LogP contribution in [-0.4, -0.2) is 53.4 Å². The van der Waals surface area contributed by atoms with Crippen LogP contribution in [0.3, 0.4) is 0 Å². The molecule has 0 spiro atoms. The lowest BCUT2D eigenvalue weighted by Crippen LogP contribution is -2.56. The molecule has 3 aromatic rings. The SMILES string of the molecule is CC(C)[C@@H](COc1cccnc1)NC(=O)C[C@H](NC(=O)OCc1ccccc1)[C@H](Cc1ccccc1)NC(=O)OC(C)(C)C. The van der Waals surface area contributed by atoms with E-state index in [-0.39, 0.29) is 37.5 Å². The number of carbonyl (C=O) groups is 3. The predicted octanol–water partition coefficient (Wildman–Crippen LogP) is 5.42. The maximum absolute atomic E-state index is 13.5. The molecule has 1 heterocycles. The molecule has 0 radical (unpaired) electrons. The fraction of sp³-hybridized carbons (Fsp3) is 0.412. The molecular weight excluding hydrogens is 560 g/mol. The van der Waals surface area contributed by atoms with Crippen molar-refractivity contribution < 1.29 is 28.6 Å². The molecule has 0 unspecified atom stereocenters. The molecule has 44 heavy (non-hydrogen) atoms. The summed E-state index contributed by atoms with van der Waals surface area (Å²) in [6.45, 7) is 9.55. The highest BCUT2D eigenvalue weighted by molar-refractivity contribution is 5.78. The Morgan fingerprint density at radius 3 is 2.00 bits per heavy atom. The van der Waals surface area contributed by atoms with Crippen molar-refractivity contribution in [3.8, 4) is 5.75 Å². The lowest BCUT2D eigenvalue weighted by atomic mass is 9.96. The van der Waals surface area contributed by atoms with Crippen LogP contribution in [0.1, 0.15) is 52.2 Å². The second-order valence-electron chi connectivity index (χ2n) is 11.9. The molecule has 3 N–H and O–H groups in total. The first kappa shape index (κ1) is 33.9. The third-order valence-electron chi connectivity index (χ3n) is 6.62. The van der Waals surface area contributed by atoms with Crippen molar-refractivity contribution in [2.75, 3.05) is 6.61 Å². The molecule has 10 nitrogen and oxygen atoms in total. The van der Waals surface area contributed by atoms with Crippen molar-refractivity contribution in [2.45, 2.75) is 77.8 Å². The number of amides is 3. The lowest BCUT2D eigenvalue weighted by Gasteiger charge is -2.31. The van der Waals surface area contributed by atoms with E-state index in [1.54, 1.807) is 45.3 Å². The number of aromatic nitrogens is 1. The lowest BCUT2D eigenvalue weighted by molar-refractivity contribution is -0.123. The maximum atomic E-state index is 13.5. The summed E-state index contributed by atoms with van der Waals surface area (Å²) in [4.78, 5) is 43.5. The quantitative estimate of drug-likeness (QED) is 0.224. The van der Waals surface area contributed by atoms with Crippen LogP contribution in [0.15, 0.2) is 85.2 Å². The number of carbonyl (C=O) groups excluding carboxylic acids is 3. The highest BCUT2D eigenvalue weighted by Crippen LogP contribution is 2.14. The molecule has 0 saturated carbocycles. The van der Waals surface area contributed by atoms with E-state index in [9.17, 15) is 14.4 Å². The first-order chi connectivity index (χ1) is 21.0. The summed E-state index contributed by atoms with van der Waals surface area (Å²) < 4.78 is 16.9. The predicted molar refractivity (Wildman–Crippen MR) is 168 cm³/mol. The molecule has 1 aromatic heterocycles. The third-order valence-corrected chi connectivity index (χ3v) is 6.62. The van der Waals surface area contributed by atoms with Crippen molar-refractivity contribution in [3.05, 3.63) is 96.3 Å². The van der Waals surface area contributed by atoms with Gasteiger partial charge in [-0.25, -0.2) is 9.59 Å². The van der Waals surface area contributed by atoms with Crippen LogP contribution < -0.4 is 20.7 Å². The van der Waals surface area contributed by atoms with Crippen molar-refractivity contribution in [3.63, 3.8) is 0 Å². The van der Waals surface area contributed by atoms with Crippen LogP contribution in [0.4, 0.5) is 9.59 Å². The topological polar surface area (TPSA) is 128 Å². The molecule has 3 rings (SSSR count). The summed E-state index contributed by atoms with van der Waals surface area (Å²) in [7, 11) is 0. The monoisotopic (exact) mass is 604 g/mol. The Balaban J connectivity index is 1.79. The second-order valence-corrected chi connectivity index (χ2v) is 11.9.